The highest BCUT2D eigenvalue weighted by atomic mass is 19.3. The predicted octanol–water partition coefficient (Wildman–Crippen LogP) is 3.61. The van der Waals surface area contributed by atoms with Crippen LogP contribution in [0.4, 0.5) is 30.5 Å². The fraction of sp³-hybridized carbons (Fsp3) is 0.409. The maximum absolute atomic E-state index is 14.7. The standard InChI is InChI=1S/C22H26F3N7O/c1-11(26)17(6-12-2-3-12)30-22-16(23)8-15(20(27)33)21(31-22)29-14-4-5-18-13(7-14)9-28-32(18)10-19(24)25/h4-5,7-9,11-12,17,19H,2-3,6,10,26H2,1H3,(H2,27,33)(H2,29,30,31)/t11-,17+/m0/s1. The van der Waals surface area contributed by atoms with Gasteiger partial charge in [-0.05, 0) is 43.5 Å². The van der Waals surface area contributed by atoms with Crippen LogP contribution in [0.1, 0.15) is 36.5 Å². The minimum Gasteiger partial charge on any atom is -0.365 e. The number of hydrogen-bond donors (Lipinski definition) is 4. The summed E-state index contributed by atoms with van der Waals surface area (Å²) >= 11 is 0. The number of pyridine rings is 1. The van der Waals surface area contributed by atoms with Crippen molar-refractivity contribution in [3.8, 4) is 0 Å². The second-order valence-electron chi connectivity index (χ2n) is 8.48. The summed E-state index contributed by atoms with van der Waals surface area (Å²) in [7, 11) is 0. The van der Waals surface area contributed by atoms with Crippen LogP contribution in [-0.4, -0.2) is 39.2 Å². The fourth-order valence-corrected chi connectivity index (χ4v) is 3.74. The van der Waals surface area contributed by atoms with Crippen LogP contribution >= 0.6 is 0 Å². The topological polar surface area (TPSA) is 124 Å². The van der Waals surface area contributed by atoms with Crippen molar-refractivity contribution >= 4 is 34.1 Å². The van der Waals surface area contributed by atoms with E-state index in [0.29, 0.717) is 22.5 Å². The van der Waals surface area contributed by atoms with Gasteiger partial charge >= 0.3 is 0 Å². The van der Waals surface area contributed by atoms with E-state index in [1.807, 2.05) is 6.92 Å². The maximum Gasteiger partial charge on any atom is 0.257 e. The summed E-state index contributed by atoms with van der Waals surface area (Å²) in [6, 6.07) is 5.56. The van der Waals surface area contributed by atoms with E-state index in [-0.39, 0.29) is 29.3 Å². The van der Waals surface area contributed by atoms with Gasteiger partial charge in [-0.25, -0.2) is 18.2 Å². The molecule has 1 amide bonds. The van der Waals surface area contributed by atoms with Gasteiger partial charge in [-0.3, -0.25) is 9.48 Å². The zero-order chi connectivity index (χ0) is 23.7. The van der Waals surface area contributed by atoms with E-state index in [9.17, 15) is 18.0 Å². The van der Waals surface area contributed by atoms with E-state index in [0.717, 1.165) is 25.3 Å². The molecule has 2 aromatic heterocycles. The Morgan fingerprint density at radius 3 is 2.67 bits per heavy atom. The molecule has 6 N–H and O–H groups in total. The molecule has 0 unspecified atom stereocenters. The van der Waals surface area contributed by atoms with Crippen LogP contribution in [0.15, 0.2) is 30.5 Å². The number of alkyl halides is 2. The van der Waals surface area contributed by atoms with Crippen LogP contribution in [0.2, 0.25) is 0 Å². The first-order chi connectivity index (χ1) is 15.7. The summed E-state index contributed by atoms with van der Waals surface area (Å²) in [5.74, 6) is -0.948. The summed E-state index contributed by atoms with van der Waals surface area (Å²) < 4.78 is 41.4. The molecule has 0 bridgehead atoms. The normalized spacial score (nSPS) is 15.6. The number of carbonyl (C=O) groups excluding carboxylic acids is 1. The smallest absolute Gasteiger partial charge is 0.257 e. The molecule has 1 aromatic carbocycles. The number of carbonyl (C=O) groups is 1. The molecule has 1 fully saturated rings. The maximum atomic E-state index is 14.7. The number of nitrogens with zero attached hydrogens (tertiary/aromatic N) is 3. The second kappa shape index (κ2) is 9.26. The Hall–Kier alpha value is -3.34. The number of fused-ring (bicyclic) bond motifs is 1. The molecule has 176 valence electrons. The van der Waals surface area contributed by atoms with Crippen molar-refractivity contribution in [1.82, 2.24) is 14.8 Å². The van der Waals surface area contributed by atoms with Gasteiger partial charge in [0.2, 0.25) is 0 Å². The summed E-state index contributed by atoms with van der Waals surface area (Å²) in [4.78, 5) is 16.2. The SMILES string of the molecule is C[C@H](N)[C@@H](CC1CC1)Nc1nc(Nc2ccc3c(cnn3CC(F)F)c2)c(C(N)=O)cc1F. The molecule has 33 heavy (non-hydrogen) atoms. The lowest BCUT2D eigenvalue weighted by atomic mass is 10.0. The molecule has 0 radical (unpaired) electrons. The number of hydrogen-bond acceptors (Lipinski definition) is 6. The van der Waals surface area contributed by atoms with Gasteiger partial charge in [-0.2, -0.15) is 5.10 Å². The Morgan fingerprint density at radius 2 is 2.03 bits per heavy atom. The van der Waals surface area contributed by atoms with Crippen molar-refractivity contribution in [3.05, 3.63) is 41.8 Å². The van der Waals surface area contributed by atoms with Crippen molar-refractivity contribution < 1.29 is 18.0 Å². The van der Waals surface area contributed by atoms with Crippen molar-refractivity contribution in [1.29, 1.82) is 0 Å². The van der Waals surface area contributed by atoms with Gasteiger partial charge in [-0.1, -0.05) is 12.8 Å². The van der Waals surface area contributed by atoms with Gasteiger partial charge in [0.15, 0.2) is 11.6 Å². The summed E-state index contributed by atoms with van der Waals surface area (Å²) in [5, 5.41) is 10.7. The highest BCUT2D eigenvalue weighted by Crippen LogP contribution is 2.35. The first-order valence-electron chi connectivity index (χ1n) is 10.7. The summed E-state index contributed by atoms with van der Waals surface area (Å²) in [5.41, 5.74) is 12.4. The number of anilines is 3. The van der Waals surface area contributed by atoms with E-state index in [4.69, 9.17) is 11.5 Å². The monoisotopic (exact) mass is 461 g/mol. The minimum absolute atomic E-state index is 0.0312. The Balaban J connectivity index is 1.63. The molecule has 8 nitrogen and oxygen atoms in total. The summed E-state index contributed by atoms with van der Waals surface area (Å²) in [6.45, 7) is 1.33. The molecule has 3 aromatic rings. The van der Waals surface area contributed by atoms with Gasteiger partial charge in [0, 0.05) is 23.2 Å². The van der Waals surface area contributed by atoms with Gasteiger partial charge < -0.3 is 22.1 Å². The predicted molar refractivity (Wildman–Crippen MR) is 120 cm³/mol. The minimum atomic E-state index is -2.53. The lowest BCUT2D eigenvalue weighted by Gasteiger charge is -2.24. The number of primary amides is 1. The number of halogens is 3. The third kappa shape index (κ3) is 5.36. The zero-order valence-electron chi connectivity index (χ0n) is 18.1. The van der Waals surface area contributed by atoms with Crippen LogP contribution in [0.5, 0.6) is 0 Å². The highest BCUT2D eigenvalue weighted by Gasteiger charge is 2.28. The molecule has 4 rings (SSSR count). The molecule has 11 heteroatoms. The van der Waals surface area contributed by atoms with Crippen LogP contribution in [0.25, 0.3) is 10.9 Å². The number of amides is 1. The van der Waals surface area contributed by atoms with Gasteiger partial charge in [0.25, 0.3) is 12.3 Å². The van der Waals surface area contributed by atoms with Gasteiger partial charge in [0.05, 0.1) is 17.3 Å². The van der Waals surface area contributed by atoms with Gasteiger partial charge in [-0.15, -0.1) is 0 Å². The number of benzene rings is 1. The Kier molecular flexibility index (Phi) is 6.41. The van der Waals surface area contributed by atoms with E-state index < -0.39 is 24.7 Å². The quantitative estimate of drug-likeness (QED) is 0.366. The number of aromatic nitrogens is 3. The van der Waals surface area contributed by atoms with Crippen LogP contribution in [0.3, 0.4) is 0 Å². The average molecular weight is 461 g/mol. The Bertz CT molecular complexity index is 1160. The average Bonchev–Trinajstić information content (AvgIpc) is 3.48. The van der Waals surface area contributed by atoms with Gasteiger partial charge in [0.1, 0.15) is 12.4 Å². The van der Waals surface area contributed by atoms with Crippen LogP contribution < -0.4 is 22.1 Å². The van der Waals surface area contributed by atoms with E-state index in [1.165, 1.54) is 10.9 Å². The first-order valence-corrected chi connectivity index (χ1v) is 10.7. The molecular formula is C22H26F3N7O. The van der Waals surface area contributed by atoms with Crippen molar-refractivity contribution in [2.24, 2.45) is 17.4 Å². The molecule has 1 aliphatic rings. The number of rotatable bonds is 10. The highest BCUT2D eigenvalue weighted by molar-refractivity contribution is 5.99. The molecule has 1 saturated carbocycles. The lowest BCUT2D eigenvalue weighted by molar-refractivity contribution is 0.1000. The molecule has 0 saturated heterocycles. The third-order valence-electron chi connectivity index (χ3n) is 5.70. The van der Waals surface area contributed by atoms with E-state index in [2.05, 4.69) is 20.7 Å². The first kappa shape index (κ1) is 22.8. The lowest BCUT2D eigenvalue weighted by Crippen LogP contribution is -2.39. The fourth-order valence-electron chi connectivity index (χ4n) is 3.74. The second-order valence-corrected chi connectivity index (χ2v) is 8.48. The largest absolute Gasteiger partial charge is 0.365 e. The van der Waals surface area contributed by atoms with Crippen LogP contribution in [0, 0.1) is 11.7 Å². The molecule has 0 spiro atoms. The molecule has 1 aliphatic carbocycles. The van der Waals surface area contributed by atoms with Crippen molar-refractivity contribution in [2.45, 2.75) is 51.2 Å². The van der Waals surface area contributed by atoms with Crippen molar-refractivity contribution in [3.63, 3.8) is 0 Å². The molecular weight excluding hydrogens is 435 g/mol. The number of nitrogens with two attached hydrogens (primary N) is 2. The van der Waals surface area contributed by atoms with E-state index in [1.54, 1.807) is 18.2 Å². The molecule has 0 aliphatic heterocycles. The number of nitrogens with one attached hydrogen (secondary N) is 2. The Morgan fingerprint density at radius 1 is 1.27 bits per heavy atom. The van der Waals surface area contributed by atoms with E-state index >= 15 is 0 Å². The Labute approximate surface area is 188 Å². The zero-order valence-corrected chi connectivity index (χ0v) is 18.1. The summed E-state index contributed by atoms with van der Waals surface area (Å²) in [6.07, 6.45) is 2.00. The third-order valence-corrected chi connectivity index (χ3v) is 5.70. The molecule has 2 atom stereocenters. The molecule has 2 heterocycles. The van der Waals surface area contributed by atoms with Crippen LogP contribution in [-0.2, 0) is 6.54 Å². The van der Waals surface area contributed by atoms with Crippen molar-refractivity contribution in [2.75, 3.05) is 10.6 Å².